The molecule has 0 aliphatic carbocycles. The van der Waals surface area contributed by atoms with Crippen molar-refractivity contribution in [2.45, 2.75) is 6.92 Å². The number of amides is 1. The zero-order chi connectivity index (χ0) is 13.8. The smallest absolute Gasteiger partial charge is 0.260 e. The van der Waals surface area contributed by atoms with Crippen LogP contribution in [0.25, 0.3) is 0 Å². The van der Waals surface area contributed by atoms with E-state index in [-0.39, 0.29) is 5.91 Å². The van der Waals surface area contributed by atoms with E-state index in [0.717, 1.165) is 11.3 Å². The quantitative estimate of drug-likeness (QED) is 0.650. The molecule has 98 valence electrons. The Morgan fingerprint density at radius 3 is 2.58 bits per heavy atom. The van der Waals surface area contributed by atoms with Crippen molar-refractivity contribution in [2.75, 3.05) is 17.4 Å². The molecule has 1 amide bonds. The molecule has 3 N–H and O–H groups in total. The summed E-state index contributed by atoms with van der Waals surface area (Å²) in [6.07, 6.45) is 3.09. The third-order valence-electron chi connectivity index (χ3n) is 2.93. The molecule has 0 saturated carbocycles. The number of aryl methyl sites for hydroxylation is 1. The molecule has 0 unspecified atom stereocenters. The van der Waals surface area contributed by atoms with E-state index in [1.807, 2.05) is 31.2 Å². The van der Waals surface area contributed by atoms with Gasteiger partial charge in [0.05, 0.1) is 17.4 Å². The highest BCUT2D eigenvalue weighted by molar-refractivity contribution is 6.09. The van der Waals surface area contributed by atoms with Gasteiger partial charge in [0.1, 0.15) is 0 Å². The van der Waals surface area contributed by atoms with E-state index in [0.29, 0.717) is 11.3 Å². The fourth-order valence-corrected chi connectivity index (χ4v) is 1.76. The van der Waals surface area contributed by atoms with Gasteiger partial charge in [0.15, 0.2) is 0 Å². The van der Waals surface area contributed by atoms with Crippen molar-refractivity contribution >= 4 is 17.3 Å². The third kappa shape index (κ3) is 2.71. The second-order valence-electron chi connectivity index (χ2n) is 4.27. The molecule has 1 aromatic carbocycles. The van der Waals surface area contributed by atoms with Crippen molar-refractivity contribution in [2.24, 2.45) is 5.84 Å². The van der Waals surface area contributed by atoms with Crippen LogP contribution in [0.2, 0.25) is 0 Å². The SMILES string of the molecule is Cc1ccc(N(C)C(=O)c2ccncc2NN)cc1. The number of carbonyl (C=O) groups is 1. The molecule has 0 saturated heterocycles. The number of pyridine rings is 1. The lowest BCUT2D eigenvalue weighted by molar-refractivity contribution is 0.0993. The molecule has 0 radical (unpaired) electrons. The lowest BCUT2D eigenvalue weighted by Gasteiger charge is -2.19. The molecular weight excluding hydrogens is 240 g/mol. The number of carbonyl (C=O) groups excluding carboxylic acids is 1. The number of nitrogens with one attached hydrogen (secondary N) is 1. The maximum absolute atomic E-state index is 12.4. The van der Waals surface area contributed by atoms with E-state index in [9.17, 15) is 4.79 Å². The largest absolute Gasteiger partial charge is 0.322 e. The summed E-state index contributed by atoms with van der Waals surface area (Å²) in [5.74, 6) is 5.25. The second kappa shape index (κ2) is 5.49. The Morgan fingerprint density at radius 1 is 1.26 bits per heavy atom. The lowest BCUT2D eigenvalue weighted by atomic mass is 10.1. The number of nitrogen functional groups attached to an aromatic ring is 1. The maximum Gasteiger partial charge on any atom is 0.260 e. The van der Waals surface area contributed by atoms with Gasteiger partial charge in [-0.1, -0.05) is 17.7 Å². The van der Waals surface area contributed by atoms with Gasteiger partial charge >= 0.3 is 0 Å². The first-order chi connectivity index (χ1) is 9.13. The Morgan fingerprint density at radius 2 is 1.95 bits per heavy atom. The van der Waals surface area contributed by atoms with Crippen LogP contribution in [0.3, 0.4) is 0 Å². The zero-order valence-electron chi connectivity index (χ0n) is 10.9. The van der Waals surface area contributed by atoms with Gasteiger partial charge in [-0.3, -0.25) is 15.6 Å². The van der Waals surface area contributed by atoms with Gasteiger partial charge in [-0.05, 0) is 25.1 Å². The van der Waals surface area contributed by atoms with Crippen molar-refractivity contribution in [1.29, 1.82) is 0 Å². The van der Waals surface area contributed by atoms with Crippen LogP contribution >= 0.6 is 0 Å². The van der Waals surface area contributed by atoms with E-state index in [1.54, 1.807) is 24.2 Å². The standard InChI is InChI=1S/C14H16N4O/c1-10-3-5-11(6-4-10)18(2)14(19)12-7-8-16-9-13(12)17-15/h3-9,17H,15H2,1-2H3. The molecule has 0 aliphatic rings. The van der Waals surface area contributed by atoms with Crippen LogP contribution in [0.4, 0.5) is 11.4 Å². The van der Waals surface area contributed by atoms with Crippen LogP contribution in [0, 0.1) is 6.92 Å². The second-order valence-corrected chi connectivity index (χ2v) is 4.27. The predicted octanol–water partition coefficient (Wildman–Crippen LogP) is 1.95. The van der Waals surface area contributed by atoms with Crippen LogP contribution in [0.1, 0.15) is 15.9 Å². The number of nitrogens with zero attached hydrogens (tertiary/aromatic N) is 2. The first-order valence-electron chi connectivity index (χ1n) is 5.89. The van der Waals surface area contributed by atoms with Gasteiger partial charge in [-0.25, -0.2) is 0 Å². The van der Waals surface area contributed by atoms with E-state index in [2.05, 4.69) is 10.4 Å². The minimum atomic E-state index is -0.140. The molecule has 0 spiro atoms. The summed E-state index contributed by atoms with van der Waals surface area (Å²) < 4.78 is 0. The minimum absolute atomic E-state index is 0.140. The fraction of sp³-hybridized carbons (Fsp3) is 0.143. The molecule has 1 aromatic heterocycles. The highest BCUT2D eigenvalue weighted by atomic mass is 16.2. The topological polar surface area (TPSA) is 71.2 Å². The number of nitrogens with two attached hydrogens (primary N) is 1. The van der Waals surface area contributed by atoms with Gasteiger partial charge in [0.2, 0.25) is 0 Å². The van der Waals surface area contributed by atoms with Gasteiger partial charge in [-0.2, -0.15) is 0 Å². The summed E-state index contributed by atoms with van der Waals surface area (Å²) in [5, 5.41) is 0. The van der Waals surface area contributed by atoms with Crippen molar-refractivity contribution in [3.05, 3.63) is 53.9 Å². The fourth-order valence-electron chi connectivity index (χ4n) is 1.76. The monoisotopic (exact) mass is 256 g/mol. The first-order valence-corrected chi connectivity index (χ1v) is 5.89. The maximum atomic E-state index is 12.4. The van der Waals surface area contributed by atoms with Gasteiger partial charge in [0.25, 0.3) is 5.91 Å². The lowest BCUT2D eigenvalue weighted by Crippen LogP contribution is -2.27. The Labute approximate surface area is 112 Å². The normalized spacial score (nSPS) is 10.1. The molecule has 5 nitrogen and oxygen atoms in total. The number of hydrogen-bond acceptors (Lipinski definition) is 4. The summed E-state index contributed by atoms with van der Waals surface area (Å²) in [5.41, 5.74) is 5.45. The van der Waals surface area contributed by atoms with Crippen LogP contribution < -0.4 is 16.2 Å². The molecule has 2 aromatic rings. The highest BCUT2D eigenvalue weighted by Gasteiger charge is 2.16. The average Bonchev–Trinajstić information content (AvgIpc) is 2.46. The predicted molar refractivity (Wildman–Crippen MR) is 76.0 cm³/mol. The van der Waals surface area contributed by atoms with Crippen LogP contribution in [-0.4, -0.2) is 17.9 Å². The summed E-state index contributed by atoms with van der Waals surface area (Å²) in [6, 6.07) is 9.39. The first kappa shape index (κ1) is 13.0. The molecule has 19 heavy (non-hydrogen) atoms. The summed E-state index contributed by atoms with van der Waals surface area (Å²) in [4.78, 5) is 17.9. The van der Waals surface area contributed by atoms with Crippen LogP contribution in [-0.2, 0) is 0 Å². The Hall–Kier alpha value is -2.40. The molecule has 1 heterocycles. The van der Waals surface area contributed by atoms with E-state index in [4.69, 9.17) is 5.84 Å². The van der Waals surface area contributed by atoms with E-state index >= 15 is 0 Å². The highest BCUT2D eigenvalue weighted by Crippen LogP contribution is 2.19. The third-order valence-corrected chi connectivity index (χ3v) is 2.93. The Kier molecular flexibility index (Phi) is 3.77. The summed E-state index contributed by atoms with van der Waals surface area (Å²) in [7, 11) is 1.73. The van der Waals surface area contributed by atoms with Crippen LogP contribution in [0.15, 0.2) is 42.7 Å². The van der Waals surface area contributed by atoms with Crippen molar-refractivity contribution in [3.8, 4) is 0 Å². The van der Waals surface area contributed by atoms with Crippen LogP contribution in [0.5, 0.6) is 0 Å². The van der Waals surface area contributed by atoms with Crippen molar-refractivity contribution in [1.82, 2.24) is 4.98 Å². The van der Waals surface area contributed by atoms with Gasteiger partial charge < -0.3 is 10.3 Å². The van der Waals surface area contributed by atoms with E-state index < -0.39 is 0 Å². The number of anilines is 2. The molecule has 0 atom stereocenters. The average molecular weight is 256 g/mol. The summed E-state index contributed by atoms with van der Waals surface area (Å²) >= 11 is 0. The molecule has 5 heteroatoms. The number of hydrazine groups is 1. The number of rotatable bonds is 3. The Bertz CT molecular complexity index is 580. The number of aromatic nitrogens is 1. The number of benzene rings is 1. The molecule has 0 aliphatic heterocycles. The zero-order valence-corrected chi connectivity index (χ0v) is 10.9. The van der Waals surface area contributed by atoms with Gasteiger partial charge in [0, 0.05) is 18.9 Å². The molecular formula is C14H16N4O. The van der Waals surface area contributed by atoms with Crippen molar-refractivity contribution in [3.63, 3.8) is 0 Å². The van der Waals surface area contributed by atoms with Crippen molar-refractivity contribution < 1.29 is 4.79 Å². The van der Waals surface area contributed by atoms with E-state index in [1.165, 1.54) is 6.20 Å². The van der Waals surface area contributed by atoms with Gasteiger partial charge in [-0.15, -0.1) is 0 Å². The minimum Gasteiger partial charge on any atom is -0.322 e. The number of hydrogen-bond donors (Lipinski definition) is 2. The Balaban J connectivity index is 2.30. The molecule has 0 fully saturated rings. The molecule has 2 rings (SSSR count). The molecule has 0 bridgehead atoms. The summed E-state index contributed by atoms with van der Waals surface area (Å²) in [6.45, 7) is 2.00.